The van der Waals surface area contributed by atoms with E-state index in [9.17, 15) is 9.59 Å². The monoisotopic (exact) mass is 375 g/mol. The highest BCUT2D eigenvalue weighted by atomic mass is 16.5. The van der Waals surface area contributed by atoms with Crippen LogP contribution in [0.5, 0.6) is 11.5 Å². The topological polar surface area (TPSA) is 80.3 Å². The summed E-state index contributed by atoms with van der Waals surface area (Å²) in [7, 11) is 0. The molecule has 0 aliphatic carbocycles. The number of rotatable bonds is 7. The van der Waals surface area contributed by atoms with Crippen LogP contribution in [0.3, 0.4) is 0 Å². The Morgan fingerprint density at radius 2 is 1.68 bits per heavy atom. The number of benzene rings is 2. The van der Waals surface area contributed by atoms with E-state index in [0.717, 1.165) is 11.3 Å². The SMILES string of the molecule is C[C@H](NC(=O)CNC(=O)c1ccc(Oc2ccccc2)cc1)c1cccnc1. The fourth-order valence-electron chi connectivity index (χ4n) is 2.57. The highest BCUT2D eigenvalue weighted by Gasteiger charge is 2.12. The van der Waals surface area contributed by atoms with Gasteiger partial charge in [0, 0.05) is 18.0 Å². The molecule has 0 fully saturated rings. The molecule has 28 heavy (non-hydrogen) atoms. The van der Waals surface area contributed by atoms with E-state index in [4.69, 9.17) is 4.74 Å². The van der Waals surface area contributed by atoms with E-state index in [-0.39, 0.29) is 24.4 Å². The van der Waals surface area contributed by atoms with Crippen LogP contribution in [0.15, 0.2) is 79.1 Å². The predicted octanol–water partition coefficient (Wildman–Crippen LogP) is 3.48. The van der Waals surface area contributed by atoms with Gasteiger partial charge in [0.2, 0.25) is 5.91 Å². The fourth-order valence-corrected chi connectivity index (χ4v) is 2.57. The molecule has 2 aromatic carbocycles. The Labute approximate surface area is 163 Å². The zero-order valence-electron chi connectivity index (χ0n) is 15.5. The first-order chi connectivity index (χ1) is 13.6. The zero-order valence-corrected chi connectivity index (χ0v) is 15.5. The van der Waals surface area contributed by atoms with Gasteiger partial charge in [0.1, 0.15) is 11.5 Å². The molecule has 0 bridgehead atoms. The molecule has 142 valence electrons. The van der Waals surface area contributed by atoms with Crippen LogP contribution in [0.2, 0.25) is 0 Å². The summed E-state index contributed by atoms with van der Waals surface area (Å²) in [4.78, 5) is 28.3. The lowest BCUT2D eigenvalue weighted by molar-refractivity contribution is -0.120. The van der Waals surface area contributed by atoms with Crippen molar-refractivity contribution in [1.29, 1.82) is 0 Å². The lowest BCUT2D eigenvalue weighted by atomic mass is 10.1. The number of ether oxygens (including phenoxy) is 1. The molecule has 0 radical (unpaired) electrons. The highest BCUT2D eigenvalue weighted by molar-refractivity contribution is 5.96. The number of hydrogen-bond donors (Lipinski definition) is 2. The number of para-hydroxylation sites is 1. The van der Waals surface area contributed by atoms with E-state index in [1.807, 2.05) is 49.4 Å². The number of amides is 2. The van der Waals surface area contributed by atoms with Crippen molar-refractivity contribution in [3.8, 4) is 11.5 Å². The third kappa shape index (κ3) is 5.41. The van der Waals surface area contributed by atoms with Crippen LogP contribution < -0.4 is 15.4 Å². The highest BCUT2D eigenvalue weighted by Crippen LogP contribution is 2.21. The summed E-state index contributed by atoms with van der Waals surface area (Å²) >= 11 is 0. The smallest absolute Gasteiger partial charge is 0.251 e. The summed E-state index contributed by atoms with van der Waals surface area (Å²) in [6.07, 6.45) is 3.37. The van der Waals surface area contributed by atoms with Crippen molar-refractivity contribution in [2.75, 3.05) is 6.54 Å². The Morgan fingerprint density at radius 1 is 0.964 bits per heavy atom. The van der Waals surface area contributed by atoms with Crippen LogP contribution >= 0.6 is 0 Å². The molecule has 3 aromatic rings. The summed E-state index contributed by atoms with van der Waals surface area (Å²) in [5.74, 6) is 0.758. The number of hydrogen-bond acceptors (Lipinski definition) is 4. The van der Waals surface area contributed by atoms with E-state index in [1.165, 1.54) is 0 Å². The van der Waals surface area contributed by atoms with Crippen LogP contribution in [0.4, 0.5) is 0 Å². The molecule has 0 spiro atoms. The molecule has 0 unspecified atom stereocenters. The van der Waals surface area contributed by atoms with Crippen LogP contribution in [-0.4, -0.2) is 23.3 Å². The van der Waals surface area contributed by atoms with Gasteiger partial charge in [-0.25, -0.2) is 0 Å². The number of nitrogens with zero attached hydrogens (tertiary/aromatic N) is 1. The van der Waals surface area contributed by atoms with Crippen molar-refractivity contribution in [3.05, 3.63) is 90.3 Å². The number of nitrogens with one attached hydrogen (secondary N) is 2. The van der Waals surface area contributed by atoms with Gasteiger partial charge in [-0.3, -0.25) is 14.6 Å². The molecule has 0 saturated heterocycles. The Kier molecular flexibility index (Phi) is 6.36. The molecular formula is C22H21N3O3. The molecule has 1 aromatic heterocycles. The van der Waals surface area contributed by atoms with Gasteiger partial charge in [-0.2, -0.15) is 0 Å². The Bertz CT molecular complexity index is 913. The molecule has 0 aliphatic heterocycles. The van der Waals surface area contributed by atoms with Crippen molar-refractivity contribution >= 4 is 11.8 Å². The molecule has 0 saturated carbocycles. The predicted molar refractivity (Wildman–Crippen MR) is 106 cm³/mol. The maximum absolute atomic E-state index is 12.2. The molecule has 1 heterocycles. The third-order valence-corrected chi connectivity index (χ3v) is 4.07. The average Bonchev–Trinajstić information content (AvgIpc) is 2.74. The number of pyridine rings is 1. The maximum Gasteiger partial charge on any atom is 0.251 e. The second-order valence-electron chi connectivity index (χ2n) is 6.20. The summed E-state index contributed by atoms with van der Waals surface area (Å²) in [6, 6.07) is 19.6. The number of carbonyl (C=O) groups is 2. The van der Waals surface area contributed by atoms with Gasteiger partial charge >= 0.3 is 0 Å². The van der Waals surface area contributed by atoms with Crippen LogP contribution in [0.25, 0.3) is 0 Å². The fraction of sp³-hybridized carbons (Fsp3) is 0.136. The molecule has 3 rings (SSSR count). The first-order valence-electron chi connectivity index (χ1n) is 8.92. The van der Waals surface area contributed by atoms with Gasteiger partial charge in [0.05, 0.1) is 12.6 Å². The molecule has 0 aliphatic rings. The van der Waals surface area contributed by atoms with Crippen LogP contribution in [0, 0.1) is 0 Å². The largest absolute Gasteiger partial charge is 0.457 e. The zero-order chi connectivity index (χ0) is 19.8. The van der Waals surface area contributed by atoms with Gasteiger partial charge in [-0.05, 0) is 55.0 Å². The summed E-state index contributed by atoms with van der Waals surface area (Å²) in [6.45, 7) is 1.76. The first kappa shape index (κ1) is 19.1. The minimum atomic E-state index is -0.324. The first-order valence-corrected chi connectivity index (χ1v) is 8.92. The standard InChI is InChI=1S/C22H21N3O3/c1-16(18-6-5-13-23-14-18)25-21(26)15-24-22(27)17-9-11-20(12-10-17)28-19-7-3-2-4-8-19/h2-14,16H,15H2,1H3,(H,24,27)(H,25,26)/t16-/m0/s1. The van der Waals surface area contributed by atoms with Gasteiger partial charge in [-0.1, -0.05) is 24.3 Å². The maximum atomic E-state index is 12.2. The van der Waals surface area contributed by atoms with E-state index < -0.39 is 0 Å². The molecule has 1 atom stereocenters. The van der Waals surface area contributed by atoms with Gasteiger partial charge in [-0.15, -0.1) is 0 Å². The van der Waals surface area contributed by atoms with Crippen molar-refractivity contribution in [3.63, 3.8) is 0 Å². The Balaban J connectivity index is 1.48. The second kappa shape index (κ2) is 9.32. The molecule has 2 amide bonds. The lowest BCUT2D eigenvalue weighted by Gasteiger charge is -2.14. The quantitative estimate of drug-likeness (QED) is 0.663. The minimum absolute atomic E-state index is 0.105. The minimum Gasteiger partial charge on any atom is -0.457 e. The van der Waals surface area contributed by atoms with Crippen LogP contribution in [0.1, 0.15) is 28.9 Å². The Hall–Kier alpha value is -3.67. The number of aromatic nitrogens is 1. The third-order valence-electron chi connectivity index (χ3n) is 4.07. The molecule has 2 N–H and O–H groups in total. The van der Waals surface area contributed by atoms with Gasteiger partial charge in [0.25, 0.3) is 5.91 Å². The van der Waals surface area contributed by atoms with Crippen LogP contribution in [-0.2, 0) is 4.79 Å². The van der Waals surface area contributed by atoms with Gasteiger partial charge < -0.3 is 15.4 Å². The summed E-state index contributed by atoms with van der Waals surface area (Å²) in [5.41, 5.74) is 1.35. The normalized spacial score (nSPS) is 11.3. The molecule has 6 nitrogen and oxygen atoms in total. The van der Waals surface area contributed by atoms with Crippen molar-refractivity contribution in [1.82, 2.24) is 15.6 Å². The van der Waals surface area contributed by atoms with E-state index in [1.54, 1.807) is 36.7 Å². The Morgan fingerprint density at radius 3 is 2.36 bits per heavy atom. The second-order valence-corrected chi connectivity index (χ2v) is 6.20. The van der Waals surface area contributed by atoms with Crippen molar-refractivity contribution in [2.24, 2.45) is 0 Å². The molecular weight excluding hydrogens is 354 g/mol. The van der Waals surface area contributed by atoms with E-state index in [2.05, 4.69) is 15.6 Å². The number of carbonyl (C=O) groups excluding carboxylic acids is 2. The lowest BCUT2D eigenvalue weighted by Crippen LogP contribution is -2.38. The summed E-state index contributed by atoms with van der Waals surface area (Å²) < 4.78 is 5.70. The van der Waals surface area contributed by atoms with E-state index >= 15 is 0 Å². The summed E-state index contributed by atoms with van der Waals surface area (Å²) in [5, 5.41) is 5.44. The van der Waals surface area contributed by atoms with Crippen molar-refractivity contribution < 1.29 is 14.3 Å². The molecule has 6 heteroatoms. The average molecular weight is 375 g/mol. The van der Waals surface area contributed by atoms with Gasteiger partial charge in [0.15, 0.2) is 0 Å². The van der Waals surface area contributed by atoms with E-state index in [0.29, 0.717) is 11.3 Å². The van der Waals surface area contributed by atoms with Crippen molar-refractivity contribution in [2.45, 2.75) is 13.0 Å².